The van der Waals surface area contributed by atoms with E-state index in [4.69, 9.17) is 0 Å². The highest BCUT2D eigenvalue weighted by Gasteiger charge is 2.31. The first-order valence-corrected chi connectivity index (χ1v) is 9.27. The molecule has 27 heavy (non-hydrogen) atoms. The lowest BCUT2D eigenvalue weighted by Crippen LogP contribution is -2.43. The summed E-state index contributed by atoms with van der Waals surface area (Å²) in [5.41, 5.74) is -1.06. The van der Waals surface area contributed by atoms with Crippen molar-refractivity contribution < 1.29 is 30.8 Å². The molecule has 1 unspecified atom stereocenters. The summed E-state index contributed by atoms with van der Waals surface area (Å²) in [6.45, 7) is 1.53. The molecular weight excluding hydrogens is 388 g/mol. The predicted molar refractivity (Wildman–Crippen MR) is 90.9 cm³/mol. The molecule has 2 N–H and O–H groups in total. The van der Waals surface area contributed by atoms with E-state index in [-0.39, 0.29) is 17.0 Å². The molecule has 0 aliphatic rings. The average molecular weight is 404 g/mol. The van der Waals surface area contributed by atoms with Crippen molar-refractivity contribution >= 4 is 21.6 Å². The molecule has 0 saturated heterocycles. The number of hydrogen-bond acceptors (Lipinski definition) is 3. The summed E-state index contributed by atoms with van der Waals surface area (Å²) in [5.74, 6) is -1.44. The molecule has 0 aliphatic carbocycles. The van der Waals surface area contributed by atoms with Crippen LogP contribution in [0.2, 0.25) is 0 Å². The van der Waals surface area contributed by atoms with E-state index in [1.54, 1.807) is 0 Å². The van der Waals surface area contributed by atoms with Gasteiger partial charge in [-0.3, -0.25) is 4.79 Å². The fourth-order valence-electron chi connectivity index (χ4n) is 2.19. The number of rotatable bonds is 6. The molecule has 146 valence electrons. The second-order valence-corrected chi connectivity index (χ2v) is 7.32. The number of halogens is 4. The van der Waals surface area contributed by atoms with Gasteiger partial charge >= 0.3 is 6.18 Å². The Bertz CT molecular complexity index is 913. The van der Waals surface area contributed by atoms with E-state index >= 15 is 0 Å². The Morgan fingerprint density at radius 1 is 1.11 bits per heavy atom. The first-order chi connectivity index (χ1) is 12.5. The molecular formula is C17H16F4N2O3S. The number of amides is 1. The van der Waals surface area contributed by atoms with Crippen molar-refractivity contribution in [1.29, 1.82) is 0 Å². The SMILES string of the molecule is CCC(NS(=O)(=O)c1ccc(F)cc1)C(=O)Nc1cccc(C(F)(F)F)c1. The molecule has 1 atom stereocenters. The third-order valence-corrected chi connectivity index (χ3v) is 5.09. The topological polar surface area (TPSA) is 75.3 Å². The molecule has 5 nitrogen and oxygen atoms in total. The van der Waals surface area contributed by atoms with Crippen molar-refractivity contribution in [2.45, 2.75) is 30.5 Å². The minimum atomic E-state index is -4.57. The van der Waals surface area contributed by atoms with Gasteiger partial charge in [-0.25, -0.2) is 12.8 Å². The molecule has 10 heteroatoms. The van der Waals surface area contributed by atoms with Gasteiger partial charge < -0.3 is 5.32 Å². The van der Waals surface area contributed by atoms with E-state index in [9.17, 15) is 30.8 Å². The number of benzene rings is 2. The third kappa shape index (κ3) is 5.51. The van der Waals surface area contributed by atoms with Crippen LogP contribution in [0.25, 0.3) is 0 Å². The molecule has 0 saturated carbocycles. The predicted octanol–water partition coefficient (Wildman–Crippen LogP) is 3.54. The summed E-state index contributed by atoms with van der Waals surface area (Å²) in [5, 5.41) is 2.26. The minimum Gasteiger partial charge on any atom is -0.325 e. The fourth-order valence-corrected chi connectivity index (χ4v) is 3.47. The second-order valence-electron chi connectivity index (χ2n) is 5.60. The van der Waals surface area contributed by atoms with Gasteiger partial charge in [0.05, 0.1) is 10.5 Å². The molecule has 0 fully saturated rings. The number of sulfonamides is 1. The molecule has 0 heterocycles. The van der Waals surface area contributed by atoms with Crippen molar-refractivity contribution in [3.8, 4) is 0 Å². The number of hydrogen-bond donors (Lipinski definition) is 2. The van der Waals surface area contributed by atoms with Crippen molar-refractivity contribution in [3.05, 3.63) is 59.9 Å². The Kier molecular flexibility index (Phi) is 6.22. The Hall–Kier alpha value is -2.46. The van der Waals surface area contributed by atoms with Gasteiger partial charge in [-0.2, -0.15) is 17.9 Å². The van der Waals surface area contributed by atoms with Crippen LogP contribution in [0, 0.1) is 5.82 Å². The molecule has 2 aromatic carbocycles. The summed E-state index contributed by atoms with van der Waals surface area (Å²) >= 11 is 0. The maximum Gasteiger partial charge on any atom is 0.416 e. The van der Waals surface area contributed by atoms with Gasteiger partial charge in [0.15, 0.2) is 0 Å². The monoisotopic (exact) mass is 404 g/mol. The number of anilines is 1. The molecule has 0 radical (unpaired) electrons. The van der Waals surface area contributed by atoms with Crippen LogP contribution in [-0.4, -0.2) is 20.4 Å². The standard InChI is InChI=1S/C17H16F4N2O3S/c1-2-15(23-27(25,26)14-8-6-12(18)7-9-14)16(24)22-13-5-3-4-11(10-13)17(19,20)21/h3-10,15,23H,2H2,1H3,(H,22,24). The number of nitrogens with one attached hydrogen (secondary N) is 2. The summed E-state index contributed by atoms with van der Waals surface area (Å²) in [7, 11) is -4.11. The van der Waals surface area contributed by atoms with Gasteiger partial charge in [-0.05, 0) is 48.9 Å². The van der Waals surface area contributed by atoms with Gasteiger partial charge in [0, 0.05) is 5.69 Å². The molecule has 2 aromatic rings. The van der Waals surface area contributed by atoms with E-state index in [1.807, 2.05) is 0 Å². The zero-order valence-electron chi connectivity index (χ0n) is 14.0. The Balaban J connectivity index is 2.15. The highest BCUT2D eigenvalue weighted by Crippen LogP contribution is 2.30. The van der Waals surface area contributed by atoms with Crippen molar-refractivity contribution in [1.82, 2.24) is 4.72 Å². The largest absolute Gasteiger partial charge is 0.416 e. The van der Waals surface area contributed by atoms with E-state index < -0.39 is 39.5 Å². The lowest BCUT2D eigenvalue weighted by molar-refractivity contribution is -0.137. The second kappa shape index (κ2) is 8.05. The smallest absolute Gasteiger partial charge is 0.325 e. The Morgan fingerprint density at radius 2 is 1.74 bits per heavy atom. The normalized spacial score (nSPS) is 13.2. The highest BCUT2D eigenvalue weighted by atomic mass is 32.2. The molecule has 0 spiro atoms. The zero-order valence-corrected chi connectivity index (χ0v) is 14.9. The number of carbonyl (C=O) groups excluding carboxylic acids is 1. The molecule has 0 bridgehead atoms. The molecule has 0 aliphatic heterocycles. The lowest BCUT2D eigenvalue weighted by Gasteiger charge is -2.17. The first kappa shape index (κ1) is 20.8. The lowest BCUT2D eigenvalue weighted by atomic mass is 10.1. The van der Waals surface area contributed by atoms with Gasteiger partial charge in [0.25, 0.3) is 0 Å². The van der Waals surface area contributed by atoms with Crippen molar-refractivity contribution in [2.24, 2.45) is 0 Å². The van der Waals surface area contributed by atoms with Crippen LogP contribution >= 0.6 is 0 Å². The van der Waals surface area contributed by atoms with Crippen molar-refractivity contribution in [3.63, 3.8) is 0 Å². The average Bonchev–Trinajstić information content (AvgIpc) is 2.59. The number of carbonyl (C=O) groups is 1. The summed E-state index contributed by atoms with van der Waals surface area (Å²) < 4.78 is 77.9. The van der Waals surface area contributed by atoms with E-state index in [1.165, 1.54) is 13.0 Å². The fraction of sp³-hybridized carbons (Fsp3) is 0.235. The van der Waals surface area contributed by atoms with Gasteiger partial charge in [0.2, 0.25) is 15.9 Å². The first-order valence-electron chi connectivity index (χ1n) is 7.79. The van der Waals surface area contributed by atoms with Gasteiger partial charge in [-0.1, -0.05) is 13.0 Å². The maximum absolute atomic E-state index is 12.9. The van der Waals surface area contributed by atoms with Crippen LogP contribution in [0.5, 0.6) is 0 Å². The molecule has 0 aromatic heterocycles. The van der Waals surface area contributed by atoms with Crippen molar-refractivity contribution in [2.75, 3.05) is 5.32 Å². The van der Waals surface area contributed by atoms with Crippen LogP contribution in [0.1, 0.15) is 18.9 Å². The summed E-state index contributed by atoms with van der Waals surface area (Å²) in [4.78, 5) is 12.0. The molecule has 2 rings (SSSR count). The zero-order chi connectivity index (χ0) is 20.2. The van der Waals surface area contributed by atoms with Crippen LogP contribution < -0.4 is 10.0 Å². The van der Waals surface area contributed by atoms with Crippen LogP contribution in [0.15, 0.2) is 53.4 Å². The summed E-state index contributed by atoms with van der Waals surface area (Å²) in [6, 6.07) is 6.75. The summed E-state index contributed by atoms with van der Waals surface area (Å²) in [6.07, 6.45) is -4.53. The Labute approximate surface area is 153 Å². The van der Waals surface area contributed by atoms with Gasteiger partial charge in [0.1, 0.15) is 11.9 Å². The van der Waals surface area contributed by atoms with E-state index in [0.29, 0.717) is 0 Å². The quantitative estimate of drug-likeness (QED) is 0.724. The minimum absolute atomic E-state index is 0.0468. The Morgan fingerprint density at radius 3 is 2.30 bits per heavy atom. The van der Waals surface area contributed by atoms with Gasteiger partial charge in [-0.15, -0.1) is 0 Å². The number of alkyl halides is 3. The third-order valence-electron chi connectivity index (χ3n) is 3.60. The maximum atomic E-state index is 12.9. The van der Waals surface area contributed by atoms with Crippen LogP contribution in [-0.2, 0) is 21.0 Å². The van der Waals surface area contributed by atoms with E-state index in [0.717, 1.165) is 42.5 Å². The highest BCUT2D eigenvalue weighted by molar-refractivity contribution is 7.89. The van der Waals surface area contributed by atoms with Crippen LogP contribution in [0.3, 0.4) is 0 Å². The van der Waals surface area contributed by atoms with Crippen LogP contribution in [0.4, 0.5) is 23.2 Å². The molecule has 1 amide bonds. The van der Waals surface area contributed by atoms with E-state index in [2.05, 4.69) is 10.0 Å².